The molecule has 2 N–H and O–H groups in total. The maximum absolute atomic E-state index is 12.7. The van der Waals surface area contributed by atoms with Crippen molar-refractivity contribution < 1.29 is 18.1 Å². The highest BCUT2D eigenvalue weighted by Gasteiger charge is 2.18. The quantitative estimate of drug-likeness (QED) is 0.424. The lowest BCUT2D eigenvalue weighted by atomic mass is 10.2. The van der Waals surface area contributed by atoms with Crippen LogP contribution < -0.4 is 10.0 Å². The summed E-state index contributed by atoms with van der Waals surface area (Å²) in [5.74, 6) is -0.662. The van der Waals surface area contributed by atoms with Crippen LogP contribution in [0.25, 0.3) is 0 Å². The standard InChI is InChI=1S/C20H16ClN3O5S/c1-13-4-2-6-15(10-13)23-30(28,29)17-7-3-5-14(11-17)20(25)22-19-12-16(24(26)27)8-9-18(19)21/h2-12,23H,1H3,(H,22,25). The number of hydrogen-bond donors (Lipinski definition) is 2. The highest BCUT2D eigenvalue weighted by Crippen LogP contribution is 2.27. The molecular formula is C20H16ClN3O5S. The average Bonchev–Trinajstić information content (AvgIpc) is 2.69. The Morgan fingerprint density at radius 2 is 1.77 bits per heavy atom. The molecule has 0 radical (unpaired) electrons. The number of nitrogens with zero attached hydrogens (tertiary/aromatic N) is 1. The predicted octanol–water partition coefficient (Wildman–Crippen LogP) is 4.61. The van der Waals surface area contributed by atoms with E-state index in [9.17, 15) is 23.3 Å². The summed E-state index contributed by atoms with van der Waals surface area (Å²) in [6.07, 6.45) is 0. The minimum Gasteiger partial charge on any atom is -0.320 e. The van der Waals surface area contributed by atoms with Gasteiger partial charge in [0.05, 0.1) is 20.5 Å². The molecule has 3 rings (SSSR count). The van der Waals surface area contributed by atoms with Crippen LogP contribution in [0.15, 0.2) is 71.6 Å². The highest BCUT2D eigenvalue weighted by atomic mass is 35.5. The number of halogens is 1. The second kappa shape index (κ2) is 8.52. The van der Waals surface area contributed by atoms with Gasteiger partial charge in [0, 0.05) is 23.4 Å². The molecule has 3 aromatic rings. The number of nitro benzene ring substituents is 1. The van der Waals surface area contributed by atoms with E-state index in [1.807, 2.05) is 13.0 Å². The van der Waals surface area contributed by atoms with Gasteiger partial charge >= 0.3 is 0 Å². The molecule has 0 saturated heterocycles. The van der Waals surface area contributed by atoms with Gasteiger partial charge < -0.3 is 5.32 Å². The van der Waals surface area contributed by atoms with Gasteiger partial charge in [-0.15, -0.1) is 0 Å². The van der Waals surface area contributed by atoms with Crippen molar-refractivity contribution in [3.63, 3.8) is 0 Å². The van der Waals surface area contributed by atoms with Crippen LogP contribution in [0.1, 0.15) is 15.9 Å². The van der Waals surface area contributed by atoms with Crippen molar-refractivity contribution in [3.05, 3.63) is 93.0 Å². The van der Waals surface area contributed by atoms with Gasteiger partial charge in [0.1, 0.15) is 0 Å². The van der Waals surface area contributed by atoms with Crippen LogP contribution in [0.3, 0.4) is 0 Å². The zero-order valence-corrected chi connectivity index (χ0v) is 17.2. The summed E-state index contributed by atoms with van der Waals surface area (Å²) in [4.78, 5) is 22.8. The Labute approximate surface area is 177 Å². The molecule has 0 spiro atoms. The van der Waals surface area contributed by atoms with E-state index in [4.69, 9.17) is 11.6 Å². The fourth-order valence-corrected chi connectivity index (χ4v) is 3.90. The molecule has 30 heavy (non-hydrogen) atoms. The minimum absolute atomic E-state index is 0.0435. The van der Waals surface area contributed by atoms with E-state index in [1.54, 1.807) is 18.2 Å². The zero-order chi connectivity index (χ0) is 21.9. The van der Waals surface area contributed by atoms with E-state index >= 15 is 0 Å². The first-order valence-corrected chi connectivity index (χ1v) is 10.5. The van der Waals surface area contributed by atoms with E-state index < -0.39 is 20.9 Å². The van der Waals surface area contributed by atoms with Crippen LogP contribution in [0, 0.1) is 17.0 Å². The maximum atomic E-state index is 12.7. The molecule has 10 heteroatoms. The van der Waals surface area contributed by atoms with Crippen molar-refractivity contribution >= 4 is 44.6 Å². The lowest BCUT2D eigenvalue weighted by Gasteiger charge is -2.11. The average molecular weight is 446 g/mol. The van der Waals surface area contributed by atoms with Crippen LogP contribution in [0.4, 0.5) is 17.1 Å². The molecule has 0 saturated carbocycles. The molecule has 0 fully saturated rings. The Morgan fingerprint density at radius 3 is 2.47 bits per heavy atom. The molecule has 0 heterocycles. The molecule has 0 aliphatic carbocycles. The maximum Gasteiger partial charge on any atom is 0.271 e. The first kappa shape index (κ1) is 21.3. The minimum atomic E-state index is -3.93. The Balaban J connectivity index is 1.85. The van der Waals surface area contributed by atoms with Gasteiger partial charge in [-0.05, 0) is 48.9 Å². The van der Waals surface area contributed by atoms with Gasteiger partial charge in [0.15, 0.2) is 0 Å². The highest BCUT2D eigenvalue weighted by molar-refractivity contribution is 7.92. The van der Waals surface area contributed by atoms with Crippen molar-refractivity contribution in [1.29, 1.82) is 0 Å². The van der Waals surface area contributed by atoms with Crippen LogP contribution >= 0.6 is 11.6 Å². The zero-order valence-electron chi connectivity index (χ0n) is 15.6. The van der Waals surface area contributed by atoms with Crippen molar-refractivity contribution in [2.75, 3.05) is 10.0 Å². The first-order chi connectivity index (χ1) is 14.2. The molecule has 0 unspecified atom stereocenters. The lowest BCUT2D eigenvalue weighted by molar-refractivity contribution is -0.384. The lowest BCUT2D eigenvalue weighted by Crippen LogP contribution is -2.16. The number of sulfonamides is 1. The van der Waals surface area contributed by atoms with Gasteiger partial charge in [0.2, 0.25) is 0 Å². The number of non-ortho nitro benzene ring substituents is 1. The van der Waals surface area contributed by atoms with Crippen molar-refractivity contribution in [3.8, 4) is 0 Å². The van der Waals surface area contributed by atoms with Crippen molar-refractivity contribution in [2.45, 2.75) is 11.8 Å². The summed E-state index contributed by atoms with van der Waals surface area (Å²) in [7, 11) is -3.93. The van der Waals surface area contributed by atoms with E-state index in [1.165, 1.54) is 36.4 Å². The monoisotopic (exact) mass is 445 g/mol. The third-order valence-electron chi connectivity index (χ3n) is 4.09. The Kier molecular flexibility index (Phi) is 6.04. The number of carbonyl (C=O) groups excluding carboxylic acids is 1. The van der Waals surface area contributed by atoms with Crippen molar-refractivity contribution in [2.24, 2.45) is 0 Å². The summed E-state index contributed by atoms with van der Waals surface area (Å²) >= 11 is 6.00. The SMILES string of the molecule is Cc1cccc(NS(=O)(=O)c2cccc(C(=O)Nc3cc([N+](=O)[O-])ccc3Cl)c2)c1. The number of benzene rings is 3. The van der Waals surface area contributed by atoms with Crippen LogP contribution in [0.5, 0.6) is 0 Å². The number of hydrogen-bond acceptors (Lipinski definition) is 5. The number of aryl methyl sites for hydroxylation is 1. The van der Waals surface area contributed by atoms with E-state index in [0.717, 1.165) is 11.6 Å². The molecule has 154 valence electrons. The smallest absolute Gasteiger partial charge is 0.271 e. The summed E-state index contributed by atoms with van der Waals surface area (Å²) in [5.41, 5.74) is 1.13. The van der Waals surface area contributed by atoms with Crippen LogP contribution in [-0.2, 0) is 10.0 Å². The predicted molar refractivity (Wildman–Crippen MR) is 114 cm³/mol. The number of rotatable bonds is 6. The van der Waals surface area contributed by atoms with E-state index in [-0.39, 0.29) is 26.9 Å². The summed E-state index contributed by atoms with van der Waals surface area (Å²) in [5, 5.41) is 13.5. The normalized spacial score (nSPS) is 11.0. The number of nitrogens with one attached hydrogen (secondary N) is 2. The third kappa shape index (κ3) is 4.94. The third-order valence-corrected chi connectivity index (χ3v) is 5.79. The number of nitro groups is 1. The van der Waals surface area contributed by atoms with E-state index in [2.05, 4.69) is 10.0 Å². The molecule has 1 amide bonds. The molecule has 0 aromatic heterocycles. The van der Waals surface area contributed by atoms with Gasteiger partial charge in [-0.1, -0.05) is 29.8 Å². The van der Waals surface area contributed by atoms with E-state index in [0.29, 0.717) is 5.69 Å². The molecular weight excluding hydrogens is 430 g/mol. The molecule has 0 aliphatic rings. The molecule has 0 bridgehead atoms. The molecule has 0 atom stereocenters. The first-order valence-electron chi connectivity index (χ1n) is 8.60. The number of carbonyl (C=O) groups is 1. The topological polar surface area (TPSA) is 118 Å². The molecule has 8 nitrogen and oxygen atoms in total. The second-order valence-electron chi connectivity index (χ2n) is 6.38. The summed E-state index contributed by atoms with van der Waals surface area (Å²) in [6.45, 7) is 1.84. The number of anilines is 2. The molecule has 0 aliphatic heterocycles. The second-order valence-corrected chi connectivity index (χ2v) is 8.47. The van der Waals surface area contributed by atoms with Gasteiger partial charge in [0.25, 0.3) is 21.6 Å². The summed E-state index contributed by atoms with van der Waals surface area (Å²) < 4.78 is 27.8. The summed E-state index contributed by atoms with van der Waals surface area (Å²) in [6, 6.07) is 15.9. The van der Waals surface area contributed by atoms with Crippen LogP contribution in [-0.4, -0.2) is 19.2 Å². The Morgan fingerprint density at radius 1 is 1.03 bits per heavy atom. The van der Waals surface area contributed by atoms with Crippen molar-refractivity contribution in [1.82, 2.24) is 0 Å². The largest absolute Gasteiger partial charge is 0.320 e. The van der Waals surface area contributed by atoms with Gasteiger partial charge in [-0.3, -0.25) is 19.6 Å². The Hall–Kier alpha value is -3.43. The number of amides is 1. The Bertz CT molecular complexity index is 1240. The van der Waals surface area contributed by atoms with Gasteiger partial charge in [-0.25, -0.2) is 8.42 Å². The van der Waals surface area contributed by atoms with Crippen LogP contribution in [0.2, 0.25) is 5.02 Å². The fraction of sp³-hybridized carbons (Fsp3) is 0.0500. The van der Waals surface area contributed by atoms with Gasteiger partial charge in [-0.2, -0.15) is 0 Å². The molecule has 3 aromatic carbocycles. The fourth-order valence-electron chi connectivity index (χ4n) is 2.64.